The van der Waals surface area contributed by atoms with E-state index in [0.29, 0.717) is 0 Å². The number of hydrogen-bond donors (Lipinski definition) is 0. The summed E-state index contributed by atoms with van der Waals surface area (Å²) >= 11 is 3.40. The standard InChI is InChI=1S/C14H11BrO/c1-10-7-12(9-13(15)8-10)14(16)11-5-3-2-4-6-11/h2-9H,1H3. The van der Waals surface area contributed by atoms with Crippen LogP contribution in [0.3, 0.4) is 0 Å². The largest absolute Gasteiger partial charge is 0.289 e. The first-order valence-electron chi connectivity index (χ1n) is 5.04. The van der Waals surface area contributed by atoms with E-state index >= 15 is 0 Å². The predicted octanol–water partition coefficient (Wildman–Crippen LogP) is 3.99. The van der Waals surface area contributed by atoms with Gasteiger partial charge in [-0.2, -0.15) is 0 Å². The molecule has 16 heavy (non-hydrogen) atoms. The van der Waals surface area contributed by atoms with Crippen LogP contribution in [0.4, 0.5) is 0 Å². The van der Waals surface area contributed by atoms with Gasteiger partial charge in [-0.1, -0.05) is 46.3 Å². The molecular weight excluding hydrogens is 264 g/mol. The lowest BCUT2D eigenvalue weighted by Crippen LogP contribution is -2.01. The monoisotopic (exact) mass is 274 g/mol. The Labute approximate surface area is 103 Å². The first-order valence-corrected chi connectivity index (χ1v) is 5.83. The van der Waals surface area contributed by atoms with Crippen LogP contribution in [0.25, 0.3) is 0 Å². The van der Waals surface area contributed by atoms with Gasteiger partial charge in [-0.15, -0.1) is 0 Å². The molecule has 0 aliphatic heterocycles. The number of hydrogen-bond acceptors (Lipinski definition) is 1. The average molecular weight is 275 g/mol. The van der Waals surface area contributed by atoms with Crippen molar-refractivity contribution in [2.24, 2.45) is 0 Å². The van der Waals surface area contributed by atoms with E-state index in [1.807, 2.05) is 55.5 Å². The van der Waals surface area contributed by atoms with Gasteiger partial charge in [0.25, 0.3) is 0 Å². The molecule has 0 N–H and O–H groups in total. The minimum atomic E-state index is 0.0602. The maximum Gasteiger partial charge on any atom is 0.193 e. The van der Waals surface area contributed by atoms with Crippen molar-refractivity contribution in [3.63, 3.8) is 0 Å². The molecule has 0 fully saturated rings. The first kappa shape index (κ1) is 11.1. The molecule has 1 nitrogen and oxygen atoms in total. The summed E-state index contributed by atoms with van der Waals surface area (Å²) < 4.78 is 0.937. The van der Waals surface area contributed by atoms with Gasteiger partial charge in [0, 0.05) is 15.6 Å². The predicted molar refractivity (Wildman–Crippen MR) is 68.8 cm³/mol. The van der Waals surface area contributed by atoms with Gasteiger partial charge >= 0.3 is 0 Å². The van der Waals surface area contributed by atoms with Crippen LogP contribution < -0.4 is 0 Å². The Kier molecular flexibility index (Phi) is 3.20. The topological polar surface area (TPSA) is 17.1 Å². The second-order valence-electron chi connectivity index (χ2n) is 3.71. The second kappa shape index (κ2) is 4.62. The summed E-state index contributed by atoms with van der Waals surface area (Å²) in [5, 5.41) is 0. The molecule has 0 aliphatic rings. The molecular formula is C14H11BrO. The van der Waals surface area contributed by atoms with E-state index in [2.05, 4.69) is 15.9 Å². The van der Waals surface area contributed by atoms with E-state index in [0.717, 1.165) is 21.2 Å². The summed E-state index contributed by atoms with van der Waals surface area (Å²) in [7, 11) is 0. The fourth-order valence-electron chi connectivity index (χ4n) is 1.62. The molecule has 80 valence electrons. The third-order valence-corrected chi connectivity index (χ3v) is 2.80. The highest BCUT2D eigenvalue weighted by Gasteiger charge is 2.09. The zero-order valence-electron chi connectivity index (χ0n) is 8.91. The average Bonchev–Trinajstić information content (AvgIpc) is 2.28. The van der Waals surface area contributed by atoms with E-state index in [1.54, 1.807) is 0 Å². The summed E-state index contributed by atoms with van der Waals surface area (Å²) in [6.07, 6.45) is 0. The van der Waals surface area contributed by atoms with Gasteiger partial charge in [0.05, 0.1) is 0 Å². The lowest BCUT2D eigenvalue weighted by molar-refractivity contribution is 0.103. The summed E-state index contributed by atoms with van der Waals surface area (Å²) in [6, 6.07) is 15.1. The smallest absolute Gasteiger partial charge is 0.193 e. The normalized spacial score (nSPS) is 10.1. The lowest BCUT2D eigenvalue weighted by Gasteiger charge is -2.03. The van der Waals surface area contributed by atoms with Crippen LogP contribution >= 0.6 is 15.9 Å². The quantitative estimate of drug-likeness (QED) is 0.757. The number of aryl methyl sites for hydroxylation is 1. The van der Waals surface area contributed by atoms with Crippen LogP contribution in [0.2, 0.25) is 0 Å². The van der Waals surface area contributed by atoms with Crippen molar-refractivity contribution in [2.75, 3.05) is 0 Å². The molecule has 0 amide bonds. The van der Waals surface area contributed by atoms with E-state index < -0.39 is 0 Å². The Hall–Kier alpha value is -1.41. The van der Waals surface area contributed by atoms with Crippen molar-refractivity contribution in [1.29, 1.82) is 0 Å². The fourth-order valence-corrected chi connectivity index (χ4v) is 2.23. The Morgan fingerprint density at radius 3 is 2.31 bits per heavy atom. The van der Waals surface area contributed by atoms with Crippen LogP contribution in [0.5, 0.6) is 0 Å². The van der Waals surface area contributed by atoms with Crippen molar-refractivity contribution in [3.8, 4) is 0 Å². The molecule has 0 spiro atoms. The number of carbonyl (C=O) groups excluding carboxylic acids is 1. The summed E-state index contributed by atoms with van der Waals surface area (Å²) in [4.78, 5) is 12.1. The molecule has 0 aromatic heterocycles. The highest BCUT2D eigenvalue weighted by Crippen LogP contribution is 2.18. The van der Waals surface area contributed by atoms with Crippen molar-refractivity contribution < 1.29 is 4.79 Å². The van der Waals surface area contributed by atoms with Crippen molar-refractivity contribution >= 4 is 21.7 Å². The molecule has 0 aliphatic carbocycles. The molecule has 0 bridgehead atoms. The van der Waals surface area contributed by atoms with Gasteiger partial charge in [0.1, 0.15) is 0 Å². The Balaban J connectivity index is 2.42. The molecule has 0 atom stereocenters. The van der Waals surface area contributed by atoms with Crippen LogP contribution in [0.1, 0.15) is 21.5 Å². The zero-order valence-corrected chi connectivity index (χ0v) is 10.5. The molecule has 0 heterocycles. The third kappa shape index (κ3) is 2.39. The molecule has 0 unspecified atom stereocenters. The van der Waals surface area contributed by atoms with Crippen LogP contribution in [0.15, 0.2) is 53.0 Å². The lowest BCUT2D eigenvalue weighted by atomic mass is 10.0. The molecule has 0 saturated carbocycles. The van der Waals surface area contributed by atoms with Gasteiger partial charge in [0.2, 0.25) is 0 Å². The van der Waals surface area contributed by atoms with E-state index in [9.17, 15) is 4.79 Å². The highest BCUT2D eigenvalue weighted by molar-refractivity contribution is 9.10. The summed E-state index contributed by atoms with van der Waals surface area (Å²) in [6.45, 7) is 1.98. The van der Waals surface area contributed by atoms with E-state index in [4.69, 9.17) is 0 Å². The number of carbonyl (C=O) groups is 1. The Morgan fingerprint density at radius 2 is 1.69 bits per heavy atom. The first-order chi connectivity index (χ1) is 7.66. The molecule has 2 aromatic rings. The van der Waals surface area contributed by atoms with Crippen LogP contribution in [-0.4, -0.2) is 5.78 Å². The van der Waals surface area contributed by atoms with Crippen molar-refractivity contribution in [1.82, 2.24) is 0 Å². The molecule has 0 radical (unpaired) electrons. The molecule has 2 rings (SSSR count). The number of ketones is 1. The van der Waals surface area contributed by atoms with Gasteiger partial charge in [-0.05, 0) is 30.7 Å². The molecule has 2 aromatic carbocycles. The van der Waals surface area contributed by atoms with Crippen molar-refractivity contribution in [3.05, 3.63) is 69.7 Å². The van der Waals surface area contributed by atoms with Crippen molar-refractivity contribution in [2.45, 2.75) is 6.92 Å². The highest BCUT2D eigenvalue weighted by atomic mass is 79.9. The van der Waals surface area contributed by atoms with Crippen LogP contribution in [0, 0.1) is 6.92 Å². The zero-order chi connectivity index (χ0) is 11.5. The van der Waals surface area contributed by atoms with Gasteiger partial charge in [-0.25, -0.2) is 0 Å². The third-order valence-electron chi connectivity index (χ3n) is 2.34. The molecule has 2 heteroatoms. The fraction of sp³-hybridized carbons (Fsp3) is 0.0714. The van der Waals surface area contributed by atoms with Gasteiger partial charge in [-0.3, -0.25) is 4.79 Å². The minimum Gasteiger partial charge on any atom is -0.289 e. The number of benzene rings is 2. The second-order valence-corrected chi connectivity index (χ2v) is 4.63. The Morgan fingerprint density at radius 1 is 1.00 bits per heavy atom. The van der Waals surface area contributed by atoms with Gasteiger partial charge < -0.3 is 0 Å². The van der Waals surface area contributed by atoms with E-state index in [-0.39, 0.29) is 5.78 Å². The van der Waals surface area contributed by atoms with E-state index in [1.165, 1.54) is 0 Å². The maximum atomic E-state index is 12.1. The summed E-state index contributed by atoms with van der Waals surface area (Å²) in [5.74, 6) is 0.0602. The minimum absolute atomic E-state index is 0.0602. The number of rotatable bonds is 2. The number of halogens is 1. The van der Waals surface area contributed by atoms with Crippen LogP contribution in [-0.2, 0) is 0 Å². The Bertz CT molecular complexity index is 497. The maximum absolute atomic E-state index is 12.1. The SMILES string of the molecule is Cc1cc(Br)cc(C(=O)c2ccccc2)c1. The molecule has 0 saturated heterocycles. The van der Waals surface area contributed by atoms with Gasteiger partial charge in [0.15, 0.2) is 5.78 Å². The summed E-state index contributed by atoms with van der Waals surface area (Å²) in [5.41, 5.74) is 2.52.